The molecule has 64 valence electrons. The minimum atomic E-state index is -0.769. The van der Waals surface area contributed by atoms with E-state index in [0.717, 1.165) is 5.57 Å². The third kappa shape index (κ3) is 4.73. The van der Waals surface area contributed by atoms with Crippen LogP contribution >= 0.6 is 0 Å². The first-order chi connectivity index (χ1) is 5.07. The summed E-state index contributed by atoms with van der Waals surface area (Å²) in [5, 5.41) is 9.06. The monoisotopic (exact) mass is 156 g/mol. The molecule has 11 heavy (non-hydrogen) atoms. The van der Waals surface area contributed by atoms with Gasteiger partial charge in [-0.05, 0) is 19.8 Å². The van der Waals surface area contributed by atoms with Gasteiger partial charge in [0.25, 0.3) is 0 Å². The summed E-state index contributed by atoms with van der Waals surface area (Å²) in [6.07, 6.45) is 0.851. The molecule has 0 amide bonds. The lowest BCUT2D eigenvalue weighted by molar-refractivity contribution is -0.127. The Labute approximate surface area is 67.9 Å². The third-order valence-corrected chi connectivity index (χ3v) is 1.56. The number of carbonyl (C=O) groups excluding carboxylic acids is 1. The summed E-state index contributed by atoms with van der Waals surface area (Å²) in [5.41, 5.74) is 0.988. The zero-order valence-corrected chi connectivity index (χ0v) is 7.26. The lowest BCUT2D eigenvalue weighted by atomic mass is 10.1. The van der Waals surface area contributed by atoms with Crippen molar-refractivity contribution < 1.29 is 9.90 Å². The minimum Gasteiger partial charge on any atom is -0.385 e. The highest BCUT2D eigenvalue weighted by molar-refractivity contribution is 5.82. The number of Topliss-reactive ketones (excluding diaryl/α,β-unsaturated/α-hetero) is 1. The Bertz CT molecular complexity index is 150. The molecular weight excluding hydrogens is 140 g/mol. The van der Waals surface area contributed by atoms with Crippen LogP contribution in [0.2, 0.25) is 0 Å². The fourth-order valence-electron chi connectivity index (χ4n) is 0.731. The molecule has 1 N–H and O–H groups in total. The van der Waals surface area contributed by atoms with E-state index in [1.54, 1.807) is 6.92 Å². The van der Waals surface area contributed by atoms with Crippen molar-refractivity contribution in [1.29, 1.82) is 0 Å². The summed E-state index contributed by atoms with van der Waals surface area (Å²) in [7, 11) is 0. The first-order valence-electron chi connectivity index (χ1n) is 3.93. The average molecular weight is 156 g/mol. The second-order valence-electron chi connectivity index (χ2n) is 2.85. The number of aliphatic hydroxyl groups excluding tert-OH is 1. The fraction of sp³-hybridized carbons (Fsp3) is 0.667. The normalized spacial score (nSPS) is 12.6. The smallest absolute Gasteiger partial charge is 0.161 e. The van der Waals surface area contributed by atoms with Crippen LogP contribution in [0.25, 0.3) is 0 Å². The average Bonchev–Trinajstić information content (AvgIpc) is 1.98. The summed E-state index contributed by atoms with van der Waals surface area (Å²) >= 11 is 0. The molecule has 0 radical (unpaired) electrons. The van der Waals surface area contributed by atoms with Crippen molar-refractivity contribution >= 4 is 5.78 Å². The predicted octanol–water partition coefficient (Wildman–Crippen LogP) is 1.68. The van der Waals surface area contributed by atoms with Crippen LogP contribution in [0, 0.1) is 0 Å². The fourth-order valence-corrected chi connectivity index (χ4v) is 0.731. The highest BCUT2D eigenvalue weighted by Crippen LogP contribution is 2.04. The zero-order valence-electron chi connectivity index (χ0n) is 7.26. The second kappa shape index (κ2) is 5.08. The van der Waals surface area contributed by atoms with Gasteiger partial charge in [0.15, 0.2) is 5.78 Å². The number of ketones is 1. The Morgan fingerprint density at radius 2 is 2.09 bits per heavy atom. The van der Waals surface area contributed by atoms with Gasteiger partial charge in [-0.25, -0.2) is 0 Å². The third-order valence-electron chi connectivity index (χ3n) is 1.56. The largest absolute Gasteiger partial charge is 0.385 e. The van der Waals surface area contributed by atoms with Crippen LogP contribution in [0.1, 0.15) is 33.1 Å². The van der Waals surface area contributed by atoms with E-state index in [1.807, 2.05) is 6.92 Å². The molecule has 0 aliphatic heterocycles. The SMILES string of the molecule is C=C(C)CCC(=O)C(O)CC. The maximum absolute atomic E-state index is 11.0. The van der Waals surface area contributed by atoms with Gasteiger partial charge in [0, 0.05) is 6.42 Å². The number of hydrogen-bond donors (Lipinski definition) is 1. The van der Waals surface area contributed by atoms with Crippen LogP contribution in [0.4, 0.5) is 0 Å². The first-order valence-corrected chi connectivity index (χ1v) is 3.93. The van der Waals surface area contributed by atoms with Crippen LogP contribution in [0.5, 0.6) is 0 Å². The van der Waals surface area contributed by atoms with Gasteiger partial charge in [0.1, 0.15) is 6.10 Å². The van der Waals surface area contributed by atoms with Crippen molar-refractivity contribution in [2.24, 2.45) is 0 Å². The zero-order chi connectivity index (χ0) is 8.85. The Balaban J connectivity index is 3.60. The molecule has 0 saturated carbocycles. The summed E-state index contributed by atoms with van der Waals surface area (Å²) in [5.74, 6) is -0.0736. The Morgan fingerprint density at radius 1 is 1.55 bits per heavy atom. The molecule has 0 saturated heterocycles. The number of allylic oxidation sites excluding steroid dienone is 1. The number of carbonyl (C=O) groups is 1. The lowest BCUT2D eigenvalue weighted by Gasteiger charge is -2.05. The number of hydrogen-bond acceptors (Lipinski definition) is 2. The van der Waals surface area contributed by atoms with E-state index in [2.05, 4.69) is 6.58 Å². The molecule has 0 heterocycles. The molecule has 1 unspecified atom stereocenters. The molecule has 0 aliphatic rings. The molecular formula is C9H16O2. The molecule has 0 bridgehead atoms. The van der Waals surface area contributed by atoms with Gasteiger partial charge in [0.05, 0.1) is 0 Å². The van der Waals surface area contributed by atoms with Crippen molar-refractivity contribution in [3.8, 4) is 0 Å². The molecule has 0 aliphatic carbocycles. The molecule has 1 atom stereocenters. The van der Waals surface area contributed by atoms with E-state index in [1.165, 1.54) is 0 Å². The van der Waals surface area contributed by atoms with Crippen LogP contribution < -0.4 is 0 Å². The standard InChI is InChI=1S/C9H16O2/c1-4-8(10)9(11)6-5-7(2)3/h8,10H,2,4-6H2,1,3H3. The molecule has 0 aromatic heterocycles. The molecule has 2 nitrogen and oxygen atoms in total. The van der Waals surface area contributed by atoms with Gasteiger partial charge >= 0.3 is 0 Å². The van der Waals surface area contributed by atoms with Crippen molar-refractivity contribution in [1.82, 2.24) is 0 Å². The molecule has 0 fully saturated rings. The van der Waals surface area contributed by atoms with Crippen molar-refractivity contribution in [2.45, 2.75) is 39.2 Å². The van der Waals surface area contributed by atoms with Crippen LogP contribution in [0.15, 0.2) is 12.2 Å². The van der Waals surface area contributed by atoms with E-state index in [0.29, 0.717) is 19.3 Å². The van der Waals surface area contributed by atoms with Gasteiger partial charge in [-0.1, -0.05) is 12.5 Å². The van der Waals surface area contributed by atoms with Gasteiger partial charge in [-0.2, -0.15) is 0 Å². The summed E-state index contributed by atoms with van der Waals surface area (Å²) in [6.45, 7) is 7.35. The first kappa shape index (κ1) is 10.4. The Hall–Kier alpha value is -0.630. The van der Waals surface area contributed by atoms with Crippen molar-refractivity contribution in [3.63, 3.8) is 0 Å². The van der Waals surface area contributed by atoms with Gasteiger partial charge in [0.2, 0.25) is 0 Å². The van der Waals surface area contributed by atoms with Gasteiger partial charge < -0.3 is 5.11 Å². The van der Waals surface area contributed by atoms with Crippen LogP contribution in [0.3, 0.4) is 0 Å². The van der Waals surface area contributed by atoms with Gasteiger partial charge in [-0.3, -0.25) is 4.79 Å². The van der Waals surface area contributed by atoms with Crippen LogP contribution in [-0.4, -0.2) is 17.0 Å². The minimum absolute atomic E-state index is 0.0736. The van der Waals surface area contributed by atoms with E-state index in [9.17, 15) is 4.79 Å². The summed E-state index contributed by atoms with van der Waals surface area (Å²) in [4.78, 5) is 11.0. The van der Waals surface area contributed by atoms with Crippen molar-refractivity contribution in [2.75, 3.05) is 0 Å². The Morgan fingerprint density at radius 3 is 2.45 bits per heavy atom. The van der Waals surface area contributed by atoms with Crippen molar-refractivity contribution in [3.05, 3.63) is 12.2 Å². The van der Waals surface area contributed by atoms with Gasteiger partial charge in [-0.15, -0.1) is 6.58 Å². The van der Waals surface area contributed by atoms with E-state index in [4.69, 9.17) is 5.11 Å². The topological polar surface area (TPSA) is 37.3 Å². The number of rotatable bonds is 5. The predicted molar refractivity (Wildman–Crippen MR) is 45.4 cm³/mol. The van der Waals surface area contributed by atoms with Crippen LogP contribution in [-0.2, 0) is 4.79 Å². The second-order valence-corrected chi connectivity index (χ2v) is 2.85. The van der Waals surface area contributed by atoms with E-state index in [-0.39, 0.29) is 5.78 Å². The Kier molecular flexibility index (Phi) is 4.79. The highest BCUT2D eigenvalue weighted by Gasteiger charge is 2.11. The maximum atomic E-state index is 11.0. The summed E-state index contributed by atoms with van der Waals surface area (Å²) in [6, 6.07) is 0. The van der Waals surface area contributed by atoms with E-state index >= 15 is 0 Å². The lowest BCUT2D eigenvalue weighted by Crippen LogP contribution is -2.18. The molecule has 0 aromatic rings. The molecule has 0 aromatic carbocycles. The quantitative estimate of drug-likeness (QED) is 0.615. The molecule has 0 rings (SSSR count). The number of aliphatic hydroxyl groups is 1. The summed E-state index contributed by atoms with van der Waals surface area (Å²) < 4.78 is 0. The molecule has 2 heteroatoms. The van der Waals surface area contributed by atoms with E-state index < -0.39 is 6.10 Å². The highest BCUT2D eigenvalue weighted by atomic mass is 16.3. The maximum Gasteiger partial charge on any atom is 0.161 e. The molecule has 0 spiro atoms.